The number of hydrogen-bond acceptors (Lipinski definition) is 7. The monoisotopic (exact) mass is 441 g/mol. The van der Waals surface area contributed by atoms with Crippen molar-refractivity contribution in [2.24, 2.45) is 0 Å². The number of methoxy groups -OCH3 is 1. The van der Waals surface area contributed by atoms with Crippen LogP contribution in [0.3, 0.4) is 0 Å². The van der Waals surface area contributed by atoms with Crippen molar-refractivity contribution in [2.75, 3.05) is 26.0 Å². The molecule has 0 saturated heterocycles. The maximum atomic E-state index is 12.9. The molecule has 1 heterocycles. The standard InChI is InChI=1S/C22H23N3O5S/c1-29-20(27)11-13-25-21(28)17-9-5-6-10-18(17)24-22(25)31-15-19(26)23-12-14-30-16-7-3-2-4-8-16/h2-10H,11-15H2,1H3,(H,23,26). The van der Waals surface area contributed by atoms with Gasteiger partial charge in [-0.3, -0.25) is 19.0 Å². The van der Waals surface area contributed by atoms with E-state index >= 15 is 0 Å². The highest BCUT2D eigenvalue weighted by Gasteiger charge is 2.14. The summed E-state index contributed by atoms with van der Waals surface area (Å²) in [6.07, 6.45) is 0.0347. The first-order valence-corrected chi connectivity index (χ1v) is 10.7. The van der Waals surface area contributed by atoms with Gasteiger partial charge in [0.2, 0.25) is 5.91 Å². The van der Waals surface area contributed by atoms with Gasteiger partial charge in [0.05, 0.1) is 36.7 Å². The van der Waals surface area contributed by atoms with Gasteiger partial charge in [0.25, 0.3) is 5.56 Å². The number of ether oxygens (including phenoxy) is 2. The molecule has 31 heavy (non-hydrogen) atoms. The van der Waals surface area contributed by atoms with E-state index in [-0.39, 0.29) is 30.2 Å². The number of fused-ring (bicyclic) bond motifs is 1. The highest BCUT2D eigenvalue weighted by atomic mass is 32.2. The number of esters is 1. The molecule has 0 fully saturated rings. The summed E-state index contributed by atoms with van der Waals surface area (Å²) in [5.74, 6) is 0.186. The summed E-state index contributed by atoms with van der Waals surface area (Å²) in [6, 6.07) is 16.3. The van der Waals surface area contributed by atoms with E-state index in [1.165, 1.54) is 11.7 Å². The zero-order chi connectivity index (χ0) is 22.1. The smallest absolute Gasteiger partial charge is 0.307 e. The minimum atomic E-state index is -0.424. The van der Waals surface area contributed by atoms with Crippen LogP contribution in [0.4, 0.5) is 0 Å². The number of rotatable bonds is 10. The lowest BCUT2D eigenvalue weighted by atomic mass is 10.2. The van der Waals surface area contributed by atoms with E-state index in [1.54, 1.807) is 24.3 Å². The summed E-state index contributed by atoms with van der Waals surface area (Å²) in [5, 5.41) is 3.62. The molecule has 0 aliphatic heterocycles. The Morgan fingerprint density at radius 2 is 1.84 bits per heavy atom. The van der Waals surface area contributed by atoms with Crippen molar-refractivity contribution in [1.82, 2.24) is 14.9 Å². The quantitative estimate of drug-likeness (QED) is 0.223. The van der Waals surface area contributed by atoms with Crippen LogP contribution in [0.1, 0.15) is 6.42 Å². The van der Waals surface area contributed by atoms with Crippen LogP contribution in [0.2, 0.25) is 0 Å². The minimum Gasteiger partial charge on any atom is -0.492 e. The van der Waals surface area contributed by atoms with Crippen molar-refractivity contribution < 1.29 is 19.1 Å². The molecular weight excluding hydrogens is 418 g/mol. The van der Waals surface area contributed by atoms with E-state index in [0.717, 1.165) is 17.5 Å². The Morgan fingerprint density at radius 3 is 2.61 bits per heavy atom. The molecular formula is C22H23N3O5S. The molecule has 3 rings (SSSR count). The van der Waals surface area contributed by atoms with Crippen LogP contribution >= 0.6 is 11.8 Å². The fourth-order valence-electron chi connectivity index (χ4n) is 2.82. The van der Waals surface area contributed by atoms with Crippen LogP contribution < -0.4 is 15.6 Å². The second kappa shape index (κ2) is 11.2. The molecule has 0 aliphatic carbocycles. The topological polar surface area (TPSA) is 99.5 Å². The number of carbonyl (C=O) groups excluding carboxylic acids is 2. The average molecular weight is 442 g/mol. The molecule has 8 nitrogen and oxygen atoms in total. The number of benzene rings is 2. The molecule has 0 unspecified atom stereocenters. The predicted molar refractivity (Wildman–Crippen MR) is 118 cm³/mol. The number of nitrogens with one attached hydrogen (secondary N) is 1. The molecule has 0 atom stereocenters. The van der Waals surface area contributed by atoms with Gasteiger partial charge < -0.3 is 14.8 Å². The first-order chi connectivity index (χ1) is 15.1. The van der Waals surface area contributed by atoms with E-state index in [0.29, 0.717) is 29.2 Å². The predicted octanol–water partition coefficient (Wildman–Crippen LogP) is 2.25. The van der Waals surface area contributed by atoms with Gasteiger partial charge in [0.1, 0.15) is 12.4 Å². The minimum absolute atomic E-state index is 0.0347. The number of carbonyl (C=O) groups is 2. The molecule has 1 amide bonds. The molecule has 1 N–H and O–H groups in total. The van der Waals surface area contributed by atoms with Crippen molar-refractivity contribution in [3.8, 4) is 5.75 Å². The average Bonchev–Trinajstić information content (AvgIpc) is 2.80. The van der Waals surface area contributed by atoms with Crippen LogP contribution in [-0.2, 0) is 20.9 Å². The lowest BCUT2D eigenvalue weighted by molar-refractivity contribution is -0.140. The van der Waals surface area contributed by atoms with Crippen LogP contribution in [0.15, 0.2) is 64.5 Å². The third kappa shape index (κ3) is 6.32. The van der Waals surface area contributed by atoms with Gasteiger partial charge in [-0.15, -0.1) is 0 Å². The Bertz CT molecular complexity index is 1100. The molecule has 2 aromatic carbocycles. The maximum absolute atomic E-state index is 12.9. The Kier molecular flexibility index (Phi) is 8.05. The highest BCUT2D eigenvalue weighted by Crippen LogP contribution is 2.18. The summed E-state index contributed by atoms with van der Waals surface area (Å²) < 4.78 is 11.6. The molecule has 1 aromatic heterocycles. The first-order valence-electron chi connectivity index (χ1n) is 9.72. The Balaban J connectivity index is 1.61. The third-order valence-electron chi connectivity index (χ3n) is 4.36. The summed E-state index contributed by atoms with van der Waals surface area (Å²) in [6.45, 7) is 0.825. The van der Waals surface area contributed by atoms with Gasteiger partial charge in [-0.2, -0.15) is 0 Å². The molecule has 0 radical (unpaired) electrons. The van der Waals surface area contributed by atoms with Crippen molar-refractivity contribution in [2.45, 2.75) is 18.1 Å². The van der Waals surface area contributed by atoms with E-state index in [9.17, 15) is 14.4 Å². The number of nitrogens with zero attached hydrogens (tertiary/aromatic N) is 2. The summed E-state index contributed by atoms with van der Waals surface area (Å²) in [5.41, 5.74) is 0.287. The lowest BCUT2D eigenvalue weighted by Gasteiger charge is -2.13. The van der Waals surface area contributed by atoms with Crippen LogP contribution in [0.5, 0.6) is 5.75 Å². The second-order valence-electron chi connectivity index (χ2n) is 6.49. The number of hydrogen-bond donors (Lipinski definition) is 1. The number of aromatic nitrogens is 2. The molecule has 0 bridgehead atoms. The lowest BCUT2D eigenvalue weighted by Crippen LogP contribution is -2.30. The molecule has 3 aromatic rings. The van der Waals surface area contributed by atoms with Crippen LogP contribution in [-0.4, -0.2) is 47.4 Å². The Labute approximate surface area is 183 Å². The number of thioether (sulfide) groups is 1. The van der Waals surface area contributed by atoms with Crippen molar-refractivity contribution >= 4 is 34.5 Å². The zero-order valence-corrected chi connectivity index (χ0v) is 17.9. The van der Waals surface area contributed by atoms with E-state index < -0.39 is 5.97 Å². The van der Waals surface area contributed by atoms with Crippen molar-refractivity contribution in [1.29, 1.82) is 0 Å². The summed E-state index contributed by atoms with van der Waals surface area (Å²) in [7, 11) is 1.30. The normalized spacial score (nSPS) is 10.6. The fourth-order valence-corrected chi connectivity index (χ4v) is 3.67. The van der Waals surface area contributed by atoms with Gasteiger partial charge in [0.15, 0.2) is 5.16 Å². The van der Waals surface area contributed by atoms with Gasteiger partial charge in [-0.1, -0.05) is 42.1 Å². The second-order valence-corrected chi connectivity index (χ2v) is 7.44. The molecule has 162 valence electrons. The van der Waals surface area contributed by atoms with E-state index in [4.69, 9.17) is 4.74 Å². The number of amides is 1. The van der Waals surface area contributed by atoms with Gasteiger partial charge >= 0.3 is 5.97 Å². The van der Waals surface area contributed by atoms with Crippen LogP contribution in [0, 0.1) is 0 Å². The summed E-state index contributed by atoms with van der Waals surface area (Å²) >= 11 is 1.14. The molecule has 9 heteroatoms. The van der Waals surface area contributed by atoms with E-state index in [2.05, 4.69) is 15.0 Å². The molecule has 0 saturated carbocycles. The molecule has 0 spiro atoms. The van der Waals surface area contributed by atoms with Crippen molar-refractivity contribution in [3.63, 3.8) is 0 Å². The summed E-state index contributed by atoms with van der Waals surface area (Å²) in [4.78, 5) is 41.2. The van der Waals surface area contributed by atoms with Crippen LogP contribution in [0.25, 0.3) is 10.9 Å². The first kappa shape index (κ1) is 22.4. The highest BCUT2D eigenvalue weighted by molar-refractivity contribution is 7.99. The fraction of sp³-hybridized carbons (Fsp3) is 0.273. The molecule has 0 aliphatic rings. The Morgan fingerprint density at radius 1 is 1.10 bits per heavy atom. The zero-order valence-electron chi connectivity index (χ0n) is 17.1. The maximum Gasteiger partial charge on any atom is 0.307 e. The van der Waals surface area contributed by atoms with E-state index in [1.807, 2.05) is 30.3 Å². The SMILES string of the molecule is COC(=O)CCn1c(SCC(=O)NCCOc2ccccc2)nc2ccccc2c1=O. The van der Waals surface area contributed by atoms with Gasteiger partial charge in [0, 0.05) is 6.54 Å². The largest absolute Gasteiger partial charge is 0.492 e. The van der Waals surface area contributed by atoms with Gasteiger partial charge in [-0.25, -0.2) is 4.98 Å². The van der Waals surface area contributed by atoms with Gasteiger partial charge in [-0.05, 0) is 24.3 Å². The Hall–Kier alpha value is -3.33. The van der Waals surface area contributed by atoms with Crippen molar-refractivity contribution in [3.05, 3.63) is 65.0 Å². The third-order valence-corrected chi connectivity index (χ3v) is 5.34. The number of para-hydroxylation sites is 2.